The fourth-order valence-electron chi connectivity index (χ4n) is 1.64. The molecule has 0 bridgehead atoms. The topological polar surface area (TPSA) is 53.3 Å². The molecule has 82 valence electrons. The number of nitriles is 1. The smallest absolute Gasteiger partial charge is 0.245 e. The summed E-state index contributed by atoms with van der Waals surface area (Å²) < 4.78 is 5.25. The lowest BCUT2D eigenvalue weighted by Gasteiger charge is -2.22. The van der Waals surface area contributed by atoms with Crippen molar-refractivity contribution in [2.45, 2.75) is 12.8 Å². The molecule has 4 heteroatoms. The Balaban J connectivity index is 2.43. The highest BCUT2D eigenvalue weighted by atomic mass is 16.5. The Kier molecular flexibility index (Phi) is 4.85. The average molecular weight is 208 g/mol. The van der Waals surface area contributed by atoms with Crippen molar-refractivity contribution in [3.05, 3.63) is 12.7 Å². The SMILES string of the molecule is C=CC(=O)N(CCC#N)C[C@@H]1CCOC1. The minimum Gasteiger partial charge on any atom is -0.381 e. The van der Waals surface area contributed by atoms with Crippen LogP contribution in [0.15, 0.2) is 12.7 Å². The predicted molar refractivity (Wildman–Crippen MR) is 55.9 cm³/mol. The van der Waals surface area contributed by atoms with E-state index in [9.17, 15) is 4.79 Å². The number of carbonyl (C=O) groups excluding carboxylic acids is 1. The highest BCUT2D eigenvalue weighted by Gasteiger charge is 2.20. The van der Waals surface area contributed by atoms with E-state index in [4.69, 9.17) is 10.00 Å². The highest BCUT2D eigenvalue weighted by Crippen LogP contribution is 2.14. The van der Waals surface area contributed by atoms with Gasteiger partial charge in [-0.3, -0.25) is 4.79 Å². The summed E-state index contributed by atoms with van der Waals surface area (Å²) in [5, 5.41) is 8.49. The summed E-state index contributed by atoms with van der Waals surface area (Å²) in [7, 11) is 0. The van der Waals surface area contributed by atoms with E-state index in [1.54, 1.807) is 4.90 Å². The van der Waals surface area contributed by atoms with Crippen molar-refractivity contribution < 1.29 is 9.53 Å². The van der Waals surface area contributed by atoms with Crippen LogP contribution in [-0.4, -0.2) is 37.1 Å². The van der Waals surface area contributed by atoms with Crippen LogP contribution in [0.3, 0.4) is 0 Å². The maximum Gasteiger partial charge on any atom is 0.245 e. The fraction of sp³-hybridized carbons (Fsp3) is 0.636. The summed E-state index contributed by atoms with van der Waals surface area (Å²) in [5.41, 5.74) is 0. The Morgan fingerprint density at radius 2 is 2.53 bits per heavy atom. The molecule has 0 N–H and O–H groups in total. The van der Waals surface area contributed by atoms with Crippen LogP contribution in [0.2, 0.25) is 0 Å². The van der Waals surface area contributed by atoms with Gasteiger partial charge < -0.3 is 9.64 Å². The lowest BCUT2D eigenvalue weighted by Crippen LogP contribution is -2.35. The molecule has 1 aliphatic rings. The van der Waals surface area contributed by atoms with Crippen LogP contribution in [0.25, 0.3) is 0 Å². The Morgan fingerprint density at radius 3 is 3.07 bits per heavy atom. The van der Waals surface area contributed by atoms with Crippen LogP contribution in [0, 0.1) is 17.2 Å². The zero-order valence-corrected chi connectivity index (χ0v) is 8.82. The maximum atomic E-state index is 11.5. The molecule has 0 saturated carbocycles. The van der Waals surface area contributed by atoms with Crippen molar-refractivity contribution in [1.29, 1.82) is 5.26 Å². The van der Waals surface area contributed by atoms with E-state index in [0.717, 1.165) is 13.0 Å². The van der Waals surface area contributed by atoms with Gasteiger partial charge in [-0.1, -0.05) is 6.58 Å². The first-order valence-corrected chi connectivity index (χ1v) is 5.14. The normalized spacial score (nSPS) is 19.5. The minimum absolute atomic E-state index is 0.0999. The summed E-state index contributed by atoms with van der Waals surface area (Å²) in [6, 6.07) is 2.04. The Labute approximate surface area is 90.1 Å². The first-order chi connectivity index (χ1) is 7.27. The van der Waals surface area contributed by atoms with Gasteiger partial charge in [-0.15, -0.1) is 0 Å². The monoisotopic (exact) mass is 208 g/mol. The van der Waals surface area contributed by atoms with Gasteiger partial charge in [-0.2, -0.15) is 5.26 Å². The van der Waals surface area contributed by atoms with Crippen molar-refractivity contribution in [3.63, 3.8) is 0 Å². The van der Waals surface area contributed by atoms with Crippen molar-refractivity contribution in [1.82, 2.24) is 4.90 Å². The molecule has 1 fully saturated rings. The van der Waals surface area contributed by atoms with Gasteiger partial charge in [0.1, 0.15) is 0 Å². The van der Waals surface area contributed by atoms with Crippen LogP contribution in [0.1, 0.15) is 12.8 Å². The summed E-state index contributed by atoms with van der Waals surface area (Å²) in [6.45, 7) is 6.11. The van der Waals surface area contributed by atoms with Gasteiger partial charge >= 0.3 is 0 Å². The molecule has 0 radical (unpaired) electrons. The Hall–Kier alpha value is -1.34. The molecule has 1 saturated heterocycles. The lowest BCUT2D eigenvalue weighted by atomic mass is 10.1. The van der Waals surface area contributed by atoms with Gasteiger partial charge in [-0.25, -0.2) is 0 Å². The molecule has 1 atom stereocenters. The second kappa shape index (κ2) is 6.20. The third-order valence-electron chi connectivity index (χ3n) is 2.48. The van der Waals surface area contributed by atoms with E-state index in [1.807, 2.05) is 6.07 Å². The van der Waals surface area contributed by atoms with Crippen molar-refractivity contribution in [3.8, 4) is 6.07 Å². The van der Waals surface area contributed by atoms with E-state index in [0.29, 0.717) is 32.0 Å². The van der Waals surface area contributed by atoms with Crippen LogP contribution >= 0.6 is 0 Å². The summed E-state index contributed by atoms with van der Waals surface area (Å²) in [4.78, 5) is 13.1. The van der Waals surface area contributed by atoms with E-state index >= 15 is 0 Å². The molecule has 0 aromatic rings. The summed E-state index contributed by atoms with van der Waals surface area (Å²) in [6.07, 6.45) is 2.66. The molecule has 0 unspecified atom stereocenters. The number of rotatable bonds is 5. The second-order valence-electron chi connectivity index (χ2n) is 3.63. The first kappa shape index (κ1) is 11.7. The molecule has 15 heavy (non-hydrogen) atoms. The molecule has 1 aliphatic heterocycles. The third-order valence-corrected chi connectivity index (χ3v) is 2.48. The van der Waals surface area contributed by atoms with Crippen LogP contribution in [0.5, 0.6) is 0 Å². The number of amides is 1. The van der Waals surface area contributed by atoms with Crippen molar-refractivity contribution >= 4 is 5.91 Å². The number of nitrogens with zero attached hydrogens (tertiary/aromatic N) is 2. The molecule has 0 aliphatic carbocycles. The largest absolute Gasteiger partial charge is 0.381 e. The standard InChI is InChI=1S/C11H16N2O2/c1-2-11(14)13(6-3-5-12)8-10-4-7-15-9-10/h2,10H,1,3-4,6-9H2/t10-/m0/s1. The van der Waals surface area contributed by atoms with Gasteiger partial charge in [0.2, 0.25) is 5.91 Å². The number of carbonyl (C=O) groups is 1. The minimum atomic E-state index is -0.0999. The molecule has 0 aromatic heterocycles. The number of hydrogen-bond donors (Lipinski definition) is 0. The second-order valence-corrected chi connectivity index (χ2v) is 3.63. The molecule has 0 spiro atoms. The van der Waals surface area contributed by atoms with Gasteiger partial charge in [0.15, 0.2) is 0 Å². The number of ether oxygens (including phenoxy) is 1. The van der Waals surface area contributed by atoms with Gasteiger partial charge in [-0.05, 0) is 12.5 Å². The Morgan fingerprint density at radius 1 is 1.73 bits per heavy atom. The van der Waals surface area contributed by atoms with E-state index < -0.39 is 0 Å². The summed E-state index contributed by atoms with van der Waals surface area (Å²) >= 11 is 0. The highest BCUT2D eigenvalue weighted by molar-refractivity contribution is 5.87. The van der Waals surface area contributed by atoms with Gasteiger partial charge in [0, 0.05) is 25.6 Å². The third kappa shape index (κ3) is 3.72. The average Bonchev–Trinajstić information content (AvgIpc) is 2.75. The first-order valence-electron chi connectivity index (χ1n) is 5.14. The molecule has 1 heterocycles. The predicted octanol–water partition coefficient (Wildman–Crippen LogP) is 0.951. The van der Waals surface area contributed by atoms with Crippen molar-refractivity contribution in [2.75, 3.05) is 26.3 Å². The molecule has 4 nitrogen and oxygen atoms in total. The van der Waals surface area contributed by atoms with Gasteiger partial charge in [0.25, 0.3) is 0 Å². The maximum absolute atomic E-state index is 11.5. The zero-order valence-electron chi connectivity index (χ0n) is 8.82. The lowest BCUT2D eigenvalue weighted by molar-refractivity contribution is -0.126. The molecular weight excluding hydrogens is 192 g/mol. The van der Waals surface area contributed by atoms with Crippen LogP contribution in [-0.2, 0) is 9.53 Å². The zero-order chi connectivity index (χ0) is 11.1. The van der Waals surface area contributed by atoms with Crippen LogP contribution in [0.4, 0.5) is 0 Å². The molecular formula is C11H16N2O2. The summed E-state index contributed by atoms with van der Waals surface area (Å²) in [5.74, 6) is 0.310. The quantitative estimate of drug-likeness (QED) is 0.632. The number of hydrogen-bond acceptors (Lipinski definition) is 3. The van der Waals surface area contributed by atoms with Gasteiger partial charge in [0.05, 0.1) is 19.1 Å². The Bertz CT molecular complexity index is 264. The molecule has 1 amide bonds. The fourth-order valence-corrected chi connectivity index (χ4v) is 1.64. The van der Waals surface area contributed by atoms with E-state index in [1.165, 1.54) is 6.08 Å². The van der Waals surface area contributed by atoms with E-state index in [2.05, 4.69) is 6.58 Å². The van der Waals surface area contributed by atoms with Crippen LogP contribution < -0.4 is 0 Å². The molecule has 0 aromatic carbocycles. The molecule has 1 rings (SSSR count). The van der Waals surface area contributed by atoms with Crippen molar-refractivity contribution in [2.24, 2.45) is 5.92 Å². The van der Waals surface area contributed by atoms with E-state index in [-0.39, 0.29) is 5.91 Å².